The fourth-order valence-electron chi connectivity index (χ4n) is 3.09. The molecule has 3 aromatic carbocycles. The SMILES string of the molecule is c1ccc2c(c1)CC2c1cccc2ccccc12. The van der Waals surface area contributed by atoms with Crippen LogP contribution >= 0.6 is 0 Å². The quantitative estimate of drug-likeness (QED) is 0.576. The van der Waals surface area contributed by atoms with Crippen LogP contribution < -0.4 is 0 Å². The minimum Gasteiger partial charge on any atom is -0.0620 e. The van der Waals surface area contributed by atoms with Crippen molar-refractivity contribution in [3.05, 3.63) is 83.4 Å². The third-order valence-corrected chi connectivity index (χ3v) is 4.05. The standard InChI is InChI=1S/C18H14/c1-3-9-15-13(6-1)8-5-11-17(15)18-12-14-7-2-4-10-16(14)18/h1-11,18H,12H2. The van der Waals surface area contributed by atoms with Gasteiger partial charge < -0.3 is 0 Å². The molecule has 1 aliphatic rings. The van der Waals surface area contributed by atoms with Crippen molar-refractivity contribution in [3.63, 3.8) is 0 Å². The number of benzene rings is 3. The highest BCUT2D eigenvalue weighted by Gasteiger charge is 2.27. The predicted molar refractivity (Wildman–Crippen MR) is 75.9 cm³/mol. The third-order valence-electron chi connectivity index (χ3n) is 4.05. The average molecular weight is 230 g/mol. The Labute approximate surface area is 107 Å². The van der Waals surface area contributed by atoms with Crippen LogP contribution in [-0.2, 0) is 6.42 Å². The normalized spacial score (nSPS) is 17.2. The zero-order chi connectivity index (χ0) is 11.9. The van der Waals surface area contributed by atoms with Crippen molar-refractivity contribution >= 4 is 10.8 Å². The summed E-state index contributed by atoms with van der Waals surface area (Å²) in [6, 6.07) is 24.1. The lowest BCUT2D eigenvalue weighted by Crippen LogP contribution is -2.18. The summed E-state index contributed by atoms with van der Waals surface area (Å²) in [6.45, 7) is 0. The summed E-state index contributed by atoms with van der Waals surface area (Å²) in [6.07, 6.45) is 1.18. The molecule has 18 heavy (non-hydrogen) atoms. The van der Waals surface area contributed by atoms with E-state index in [1.165, 1.54) is 33.9 Å². The summed E-state index contributed by atoms with van der Waals surface area (Å²) in [5.41, 5.74) is 4.50. The van der Waals surface area contributed by atoms with Gasteiger partial charge in [0.25, 0.3) is 0 Å². The Morgan fingerprint density at radius 2 is 1.39 bits per heavy atom. The van der Waals surface area contributed by atoms with E-state index in [-0.39, 0.29) is 0 Å². The van der Waals surface area contributed by atoms with Crippen molar-refractivity contribution in [3.8, 4) is 0 Å². The Kier molecular flexibility index (Phi) is 2.04. The van der Waals surface area contributed by atoms with Crippen LogP contribution in [0.2, 0.25) is 0 Å². The van der Waals surface area contributed by atoms with E-state index in [0.717, 1.165) is 0 Å². The maximum Gasteiger partial charge on any atom is 0.0139 e. The molecule has 0 amide bonds. The fourth-order valence-corrected chi connectivity index (χ4v) is 3.09. The lowest BCUT2D eigenvalue weighted by Gasteiger charge is -2.31. The molecule has 0 saturated heterocycles. The summed E-state index contributed by atoms with van der Waals surface area (Å²) in [4.78, 5) is 0. The van der Waals surface area contributed by atoms with Crippen LogP contribution in [0.3, 0.4) is 0 Å². The molecule has 1 atom stereocenters. The molecule has 0 aliphatic heterocycles. The largest absolute Gasteiger partial charge is 0.0620 e. The first kappa shape index (κ1) is 9.90. The summed E-state index contributed by atoms with van der Waals surface area (Å²) in [7, 11) is 0. The van der Waals surface area contributed by atoms with Gasteiger partial charge in [-0.2, -0.15) is 0 Å². The van der Waals surface area contributed by atoms with E-state index in [0.29, 0.717) is 5.92 Å². The van der Waals surface area contributed by atoms with Crippen LogP contribution in [0, 0.1) is 0 Å². The van der Waals surface area contributed by atoms with Gasteiger partial charge in [0.05, 0.1) is 0 Å². The molecule has 86 valence electrons. The average Bonchev–Trinajstić information content (AvgIpc) is 2.40. The molecule has 0 radical (unpaired) electrons. The first-order valence-electron chi connectivity index (χ1n) is 6.49. The van der Waals surface area contributed by atoms with Gasteiger partial charge in [0, 0.05) is 5.92 Å². The highest BCUT2D eigenvalue weighted by atomic mass is 14.3. The van der Waals surface area contributed by atoms with Crippen molar-refractivity contribution in [1.82, 2.24) is 0 Å². The second kappa shape index (κ2) is 3.71. The van der Waals surface area contributed by atoms with Crippen LogP contribution in [0.15, 0.2) is 66.7 Å². The van der Waals surface area contributed by atoms with E-state index < -0.39 is 0 Å². The Morgan fingerprint density at radius 3 is 2.33 bits per heavy atom. The van der Waals surface area contributed by atoms with E-state index >= 15 is 0 Å². The molecule has 0 fully saturated rings. The van der Waals surface area contributed by atoms with Gasteiger partial charge in [0.15, 0.2) is 0 Å². The molecule has 0 bridgehead atoms. The van der Waals surface area contributed by atoms with E-state index in [9.17, 15) is 0 Å². The van der Waals surface area contributed by atoms with Gasteiger partial charge in [0.1, 0.15) is 0 Å². The van der Waals surface area contributed by atoms with Crippen molar-refractivity contribution in [2.24, 2.45) is 0 Å². The number of fused-ring (bicyclic) bond motifs is 2. The highest BCUT2D eigenvalue weighted by Crippen LogP contribution is 2.42. The fraction of sp³-hybridized carbons (Fsp3) is 0.111. The third kappa shape index (κ3) is 1.32. The lowest BCUT2D eigenvalue weighted by atomic mass is 9.73. The van der Waals surface area contributed by atoms with Crippen LogP contribution in [0.5, 0.6) is 0 Å². The highest BCUT2D eigenvalue weighted by molar-refractivity contribution is 5.87. The first-order valence-corrected chi connectivity index (χ1v) is 6.49. The Hall–Kier alpha value is -2.08. The van der Waals surface area contributed by atoms with E-state index in [2.05, 4.69) is 66.7 Å². The zero-order valence-electron chi connectivity index (χ0n) is 10.1. The number of hydrogen-bond donors (Lipinski definition) is 0. The number of hydrogen-bond acceptors (Lipinski definition) is 0. The molecule has 0 aromatic heterocycles. The molecule has 1 aliphatic carbocycles. The summed E-state index contributed by atoms with van der Waals surface area (Å²) in [5.74, 6) is 0.590. The zero-order valence-corrected chi connectivity index (χ0v) is 10.1. The Bertz CT molecular complexity index is 719. The second-order valence-corrected chi connectivity index (χ2v) is 5.02. The van der Waals surface area contributed by atoms with E-state index in [1.54, 1.807) is 0 Å². The molecular formula is C18H14. The van der Waals surface area contributed by atoms with Crippen molar-refractivity contribution in [1.29, 1.82) is 0 Å². The van der Waals surface area contributed by atoms with Crippen molar-refractivity contribution in [2.75, 3.05) is 0 Å². The van der Waals surface area contributed by atoms with Gasteiger partial charge >= 0.3 is 0 Å². The lowest BCUT2D eigenvalue weighted by molar-refractivity contribution is 0.713. The van der Waals surface area contributed by atoms with Crippen LogP contribution in [-0.4, -0.2) is 0 Å². The van der Waals surface area contributed by atoms with Gasteiger partial charge in [-0.3, -0.25) is 0 Å². The van der Waals surface area contributed by atoms with Crippen LogP contribution in [0.1, 0.15) is 22.6 Å². The van der Waals surface area contributed by atoms with Gasteiger partial charge in [0.2, 0.25) is 0 Å². The molecule has 3 aromatic rings. The molecule has 0 heteroatoms. The predicted octanol–water partition coefficient (Wildman–Crippen LogP) is 4.53. The van der Waals surface area contributed by atoms with E-state index in [1.807, 2.05) is 0 Å². The molecule has 0 spiro atoms. The first-order chi connectivity index (χ1) is 8.93. The molecule has 4 rings (SSSR count). The minimum atomic E-state index is 0.590. The van der Waals surface area contributed by atoms with Crippen molar-refractivity contribution in [2.45, 2.75) is 12.3 Å². The summed E-state index contributed by atoms with van der Waals surface area (Å²) >= 11 is 0. The molecule has 0 heterocycles. The van der Waals surface area contributed by atoms with Gasteiger partial charge in [-0.25, -0.2) is 0 Å². The Balaban J connectivity index is 1.91. The maximum atomic E-state index is 2.28. The summed E-state index contributed by atoms with van der Waals surface area (Å²) in [5, 5.41) is 2.75. The van der Waals surface area contributed by atoms with Gasteiger partial charge in [-0.15, -0.1) is 0 Å². The second-order valence-electron chi connectivity index (χ2n) is 5.02. The molecule has 0 nitrogen and oxygen atoms in total. The maximum absolute atomic E-state index is 2.28. The van der Waals surface area contributed by atoms with Crippen molar-refractivity contribution < 1.29 is 0 Å². The van der Waals surface area contributed by atoms with Crippen LogP contribution in [0.25, 0.3) is 10.8 Å². The van der Waals surface area contributed by atoms with Gasteiger partial charge in [-0.1, -0.05) is 66.7 Å². The molecule has 1 unspecified atom stereocenters. The Morgan fingerprint density at radius 1 is 0.667 bits per heavy atom. The van der Waals surface area contributed by atoms with Gasteiger partial charge in [-0.05, 0) is 33.9 Å². The summed E-state index contributed by atoms with van der Waals surface area (Å²) < 4.78 is 0. The smallest absolute Gasteiger partial charge is 0.0139 e. The topological polar surface area (TPSA) is 0 Å². The molecular weight excluding hydrogens is 216 g/mol. The minimum absolute atomic E-state index is 0.590. The number of rotatable bonds is 1. The molecule has 0 N–H and O–H groups in total. The van der Waals surface area contributed by atoms with E-state index in [4.69, 9.17) is 0 Å². The monoisotopic (exact) mass is 230 g/mol. The molecule has 0 saturated carbocycles. The van der Waals surface area contributed by atoms with Crippen LogP contribution in [0.4, 0.5) is 0 Å².